The summed E-state index contributed by atoms with van der Waals surface area (Å²) in [5.41, 5.74) is 7.81. The Kier molecular flexibility index (Phi) is 3.47. The van der Waals surface area contributed by atoms with Crippen molar-refractivity contribution in [2.45, 2.75) is 13.5 Å². The van der Waals surface area contributed by atoms with E-state index in [-0.39, 0.29) is 0 Å². The molecule has 84 valence electrons. The van der Waals surface area contributed by atoms with E-state index in [9.17, 15) is 0 Å². The van der Waals surface area contributed by atoms with E-state index in [0.717, 1.165) is 18.8 Å². The Bertz CT molecular complexity index is 437. The van der Waals surface area contributed by atoms with Crippen molar-refractivity contribution in [3.05, 3.63) is 46.7 Å². The lowest BCUT2D eigenvalue weighted by molar-refractivity contribution is 0.843. The summed E-state index contributed by atoms with van der Waals surface area (Å²) in [7, 11) is 0. The normalized spacial score (nSPS) is 10.3. The molecule has 0 radical (unpaired) electrons. The number of thiophene rings is 1. The molecule has 0 aliphatic heterocycles. The summed E-state index contributed by atoms with van der Waals surface area (Å²) in [4.78, 5) is 3.70. The largest absolute Gasteiger partial charge is 0.399 e. The monoisotopic (exact) mass is 232 g/mol. The lowest BCUT2D eigenvalue weighted by Crippen LogP contribution is -2.21. The summed E-state index contributed by atoms with van der Waals surface area (Å²) < 4.78 is 0. The minimum absolute atomic E-state index is 0.821. The molecule has 0 atom stereocenters. The predicted molar refractivity (Wildman–Crippen MR) is 71.9 cm³/mol. The van der Waals surface area contributed by atoms with E-state index in [0.29, 0.717) is 0 Å². The van der Waals surface area contributed by atoms with Gasteiger partial charge in [-0.2, -0.15) is 0 Å². The summed E-state index contributed by atoms with van der Waals surface area (Å²) in [6.07, 6.45) is 0. The van der Waals surface area contributed by atoms with Crippen molar-refractivity contribution >= 4 is 22.7 Å². The Balaban J connectivity index is 2.16. The maximum Gasteiger partial charge on any atom is 0.0522 e. The van der Waals surface area contributed by atoms with Crippen LogP contribution in [0.15, 0.2) is 41.8 Å². The van der Waals surface area contributed by atoms with E-state index < -0.39 is 0 Å². The van der Waals surface area contributed by atoms with Gasteiger partial charge in [-0.05, 0) is 36.6 Å². The molecule has 3 heteroatoms. The van der Waals surface area contributed by atoms with Crippen LogP contribution in [0.3, 0.4) is 0 Å². The van der Waals surface area contributed by atoms with Crippen LogP contribution < -0.4 is 10.6 Å². The Morgan fingerprint density at radius 3 is 2.75 bits per heavy atom. The second-order valence-electron chi connectivity index (χ2n) is 3.69. The van der Waals surface area contributed by atoms with Gasteiger partial charge in [-0.25, -0.2) is 0 Å². The highest BCUT2D eigenvalue weighted by Crippen LogP contribution is 2.21. The molecule has 2 rings (SSSR count). The van der Waals surface area contributed by atoms with Crippen LogP contribution in [0.25, 0.3) is 0 Å². The van der Waals surface area contributed by atoms with Crippen LogP contribution in [0.5, 0.6) is 0 Å². The zero-order valence-corrected chi connectivity index (χ0v) is 10.2. The number of hydrogen-bond acceptors (Lipinski definition) is 3. The first-order valence-corrected chi connectivity index (χ1v) is 6.30. The second-order valence-corrected chi connectivity index (χ2v) is 4.72. The Hall–Kier alpha value is -1.48. The third-order valence-electron chi connectivity index (χ3n) is 2.54. The maximum atomic E-state index is 5.80. The molecular formula is C13H16N2S. The first-order valence-electron chi connectivity index (χ1n) is 5.42. The summed E-state index contributed by atoms with van der Waals surface area (Å²) >= 11 is 1.79. The highest BCUT2D eigenvalue weighted by Gasteiger charge is 2.05. The molecule has 1 heterocycles. The summed E-state index contributed by atoms with van der Waals surface area (Å²) in [6.45, 7) is 4.11. The van der Waals surface area contributed by atoms with Crippen molar-refractivity contribution < 1.29 is 0 Å². The average Bonchev–Trinajstić information content (AvgIpc) is 2.78. The lowest BCUT2D eigenvalue weighted by atomic mass is 10.2. The SMILES string of the molecule is CCN(Cc1cccs1)c1cccc(N)c1. The predicted octanol–water partition coefficient (Wildman–Crippen LogP) is 3.36. The molecule has 0 spiro atoms. The summed E-state index contributed by atoms with van der Waals surface area (Å²) in [6, 6.07) is 12.3. The number of nitrogen functional groups attached to an aromatic ring is 1. The fourth-order valence-electron chi connectivity index (χ4n) is 1.70. The highest BCUT2D eigenvalue weighted by atomic mass is 32.1. The van der Waals surface area contributed by atoms with E-state index in [4.69, 9.17) is 5.73 Å². The lowest BCUT2D eigenvalue weighted by Gasteiger charge is -2.22. The number of hydrogen-bond donors (Lipinski definition) is 1. The van der Waals surface area contributed by atoms with Gasteiger partial charge >= 0.3 is 0 Å². The molecule has 0 bridgehead atoms. The fourth-order valence-corrected chi connectivity index (χ4v) is 2.42. The molecule has 2 aromatic rings. The van der Waals surface area contributed by atoms with E-state index in [2.05, 4.69) is 35.4 Å². The van der Waals surface area contributed by atoms with Crippen molar-refractivity contribution in [3.63, 3.8) is 0 Å². The summed E-state index contributed by atoms with van der Waals surface area (Å²) in [5, 5.41) is 2.11. The van der Waals surface area contributed by atoms with Crippen LogP contribution in [0.4, 0.5) is 11.4 Å². The molecule has 1 aromatic heterocycles. The number of nitrogens with two attached hydrogens (primary N) is 1. The number of nitrogens with zero attached hydrogens (tertiary/aromatic N) is 1. The van der Waals surface area contributed by atoms with Crippen molar-refractivity contribution in [2.75, 3.05) is 17.2 Å². The maximum absolute atomic E-state index is 5.80. The first-order chi connectivity index (χ1) is 7.79. The van der Waals surface area contributed by atoms with E-state index in [1.54, 1.807) is 11.3 Å². The Morgan fingerprint density at radius 1 is 1.25 bits per heavy atom. The molecular weight excluding hydrogens is 216 g/mol. The van der Waals surface area contributed by atoms with Crippen LogP contribution in [-0.2, 0) is 6.54 Å². The minimum Gasteiger partial charge on any atom is -0.399 e. The molecule has 2 nitrogen and oxygen atoms in total. The van der Waals surface area contributed by atoms with Gasteiger partial charge in [-0.1, -0.05) is 12.1 Å². The third kappa shape index (κ3) is 2.55. The van der Waals surface area contributed by atoms with Gasteiger partial charge in [0.25, 0.3) is 0 Å². The smallest absolute Gasteiger partial charge is 0.0522 e. The van der Waals surface area contributed by atoms with Gasteiger partial charge < -0.3 is 10.6 Å². The van der Waals surface area contributed by atoms with Crippen LogP contribution in [0.1, 0.15) is 11.8 Å². The quantitative estimate of drug-likeness (QED) is 0.819. The van der Waals surface area contributed by atoms with Gasteiger partial charge in [-0.15, -0.1) is 11.3 Å². The average molecular weight is 232 g/mol. The van der Waals surface area contributed by atoms with Crippen LogP contribution in [0.2, 0.25) is 0 Å². The molecule has 0 saturated heterocycles. The van der Waals surface area contributed by atoms with Crippen molar-refractivity contribution in [3.8, 4) is 0 Å². The Morgan fingerprint density at radius 2 is 2.12 bits per heavy atom. The highest BCUT2D eigenvalue weighted by molar-refractivity contribution is 7.09. The molecule has 16 heavy (non-hydrogen) atoms. The molecule has 0 amide bonds. The third-order valence-corrected chi connectivity index (χ3v) is 3.41. The molecule has 2 N–H and O–H groups in total. The molecule has 0 fully saturated rings. The van der Waals surface area contributed by atoms with Crippen LogP contribution in [0, 0.1) is 0 Å². The second kappa shape index (κ2) is 5.03. The van der Waals surface area contributed by atoms with E-state index in [1.807, 2.05) is 18.2 Å². The number of rotatable bonds is 4. The number of benzene rings is 1. The first kappa shape index (κ1) is 11.0. The topological polar surface area (TPSA) is 29.3 Å². The molecule has 0 saturated carbocycles. The molecule has 0 aliphatic carbocycles. The Labute approximate surface area is 100 Å². The molecule has 0 unspecified atom stereocenters. The van der Waals surface area contributed by atoms with Gasteiger partial charge in [0.15, 0.2) is 0 Å². The van der Waals surface area contributed by atoms with Crippen molar-refractivity contribution in [2.24, 2.45) is 0 Å². The van der Waals surface area contributed by atoms with Gasteiger partial charge in [0.2, 0.25) is 0 Å². The zero-order chi connectivity index (χ0) is 11.4. The van der Waals surface area contributed by atoms with Crippen molar-refractivity contribution in [1.82, 2.24) is 0 Å². The standard InChI is InChI=1S/C13H16N2S/c1-2-15(10-13-7-4-8-16-13)12-6-3-5-11(14)9-12/h3-9H,2,10,14H2,1H3. The van der Waals surface area contributed by atoms with Gasteiger partial charge in [0.05, 0.1) is 6.54 Å². The molecule has 0 aliphatic rings. The van der Waals surface area contributed by atoms with E-state index >= 15 is 0 Å². The fraction of sp³-hybridized carbons (Fsp3) is 0.231. The molecule has 1 aromatic carbocycles. The van der Waals surface area contributed by atoms with Crippen molar-refractivity contribution in [1.29, 1.82) is 0 Å². The minimum atomic E-state index is 0.821. The van der Waals surface area contributed by atoms with E-state index in [1.165, 1.54) is 10.6 Å². The van der Waals surface area contributed by atoms with Gasteiger partial charge in [0.1, 0.15) is 0 Å². The van der Waals surface area contributed by atoms with Gasteiger partial charge in [0, 0.05) is 22.8 Å². The zero-order valence-electron chi connectivity index (χ0n) is 9.39. The van der Waals surface area contributed by atoms with Gasteiger partial charge in [-0.3, -0.25) is 0 Å². The van der Waals surface area contributed by atoms with Crippen LogP contribution >= 0.6 is 11.3 Å². The van der Waals surface area contributed by atoms with Crippen LogP contribution in [-0.4, -0.2) is 6.54 Å². The number of anilines is 2. The summed E-state index contributed by atoms with van der Waals surface area (Å²) in [5.74, 6) is 0.